The van der Waals surface area contributed by atoms with Crippen molar-refractivity contribution in [3.05, 3.63) is 41.1 Å². The molecule has 3 N–H and O–H groups in total. The molecule has 1 amide bonds. The third-order valence-electron chi connectivity index (χ3n) is 2.13. The van der Waals surface area contributed by atoms with Gasteiger partial charge in [0.15, 0.2) is 0 Å². The number of nitrogens with one attached hydrogen (secondary N) is 1. The van der Waals surface area contributed by atoms with E-state index in [4.69, 9.17) is 5.73 Å². The molecular weight excluding hydrogens is 328 g/mol. The van der Waals surface area contributed by atoms with E-state index in [1.54, 1.807) is 30.6 Å². The van der Waals surface area contributed by atoms with E-state index in [0.717, 1.165) is 9.37 Å². The molecule has 0 aliphatic carbocycles. The smallest absolute Gasteiger partial charge is 0.237 e. The minimum absolute atomic E-state index is 0.153. The number of rotatable bonds is 4. The lowest BCUT2D eigenvalue weighted by molar-refractivity contribution is -0.113. The molecule has 0 unspecified atom stereocenters. The maximum Gasteiger partial charge on any atom is 0.237 e. The first-order valence-electron chi connectivity index (χ1n) is 5.40. The Morgan fingerprint density at radius 2 is 2.11 bits per heavy atom. The molecule has 1 heterocycles. The number of halogens is 1. The Morgan fingerprint density at radius 1 is 1.37 bits per heavy atom. The summed E-state index contributed by atoms with van der Waals surface area (Å²) >= 11 is 4.82. The molecule has 19 heavy (non-hydrogen) atoms. The van der Waals surface area contributed by atoms with Gasteiger partial charge in [-0.25, -0.2) is 9.97 Å². The van der Waals surface area contributed by atoms with Crippen molar-refractivity contribution in [2.24, 2.45) is 0 Å². The zero-order valence-corrected chi connectivity index (χ0v) is 12.2. The van der Waals surface area contributed by atoms with Crippen LogP contribution in [0.25, 0.3) is 0 Å². The van der Waals surface area contributed by atoms with E-state index in [1.807, 2.05) is 6.07 Å². The molecule has 0 saturated carbocycles. The molecular formula is C12H11BrN4OS. The standard InChI is InChI=1S/C12H11BrN4OS/c13-9-6-8(14)2-3-10(9)19-7-11(18)17-12-15-4-1-5-16-12/h1-6H,7,14H2,(H,15,16,17,18). The third-order valence-corrected chi connectivity index (χ3v) is 4.12. The van der Waals surface area contributed by atoms with Gasteiger partial charge in [0.25, 0.3) is 0 Å². The van der Waals surface area contributed by atoms with Crippen molar-refractivity contribution >= 4 is 45.2 Å². The summed E-state index contributed by atoms with van der Waals surface area (Å²) in [6, 6.07) is 7.16. The van der Waals surface area contributed by atoms with Gasteiger partial charge in [0, 0.05) is 27.4 Å². The van der Waals surface area contributed by atoms with Crippen LogP contribution in [0.5, 0.6) is 0 Å². The molecule has 7 heteroatoms. The minimum atomic E-state index is -0.153. The van der Waals surface area contributed by atoms with Gasteiger partial charge in [0.05, 0.1) is 5.75 Å². The van der Waals surface area contributed by atoms with Crippen LogP contribution in [0.1, 0.15) is 0 Å². The second-order valence-electron chi connectivity index (χ2n) is 3.60. The van der Waals surface area contributed by atoms with Crippen molar-refractivity contribution < 1.29 is 4.79 Å². The number of nitrogens with zero attached hydrogens (tertiary/aromatic N) is 2. The SMILES string of the molecule is Nc1ccc(SCC(=O)Nc2ncccn2)c(Br)c1. The van der Waals surface area contributed by atoms with Crippen LogP contribution in [-0.2, 0) is 4.79 Å². The fourth-order valence-corrected chi connectivity index (χ4v) is 2.76. The Morgan fingerprint density at radius 3 is 2.79 bits per heavy atom. The van der Waals surface area contributed by atoms with Gasteiger partial charge in [-0.15, -0.1) is 11.8 Å². The first-order chi connectivity index (χ1) is 9.15. The van der Waals surface area contributed by atoms with Crippen molar-refractivity contribution in [2.75, 3.05) is 16.8 Å². The van der Waals surface area contributed by atoms with Gasteiger partial charge in [-0.1, -0.05) is 0 Å². The molecule has 2 rings (SSSR count). The molecule has 5 nitrogen and oxygen atoms in total. The lowest BCUT2D eigenvalue weighted by atomic mass is 10.3. The van der Waals surface area contributed by atoms with E-state index < -0.39 is 0 Å². The number of benzene rings is 1. The molecule has 0 fully saturated rings. The number of hydrogen-bond donors (Lipinski definition) is 2. The molecule has 0 bridgehead atoms. The van der Waals surface area contributed by atoms with E-state index >= 15 is 0 Å². The zero-order valence-electron chi connectivity index (χ0n) is 9.84. The van der Waals surface area contributed by atoms with Crippen LogP contribution in [0.2, 0.25) is 0 Å². The second-order valence-corrected chi connectivity index (χ2v) is 5.47. The largest absolute Gasteiger partial charge is 0.399 e. The monoisotopic (exact) mass is 338 g/mol. The highest BCUT2D eigenvalue weighted by molar-refractivity contribution is 9.10. The average Bonchev–Trinajstić information content (AvgIpc) is 2.39. The minimum Gasteiger partial charge on any atom is -0.399 e. The third kappa shape index (κ3) is 4.22. The van der Waals surface area contributed by atoms with Gasteiger partial charge in [0.1, 0.15) is 0 Å². The summed E-state index contributed by atoms with van der Waals surface area (Å²) in [6.07, 6.45) is 3.15. The van der Waals surface area contributed by atoms with Crippen LogP contribution >= 0.6 is 27.7 Å². The zero-order chi connectivity index (χ0) is 13.7. The predicted octanol–water partition coefficient (Wildman–Crippen LogP) is 2.55. The maximum absolute atomic E-state index is 11.7. The molecule has 0 atom stereocenters. The predicted molar refractivity (Wildman–Crippen MR) is 79.9 cm³/mol. The number of carbonyl (C=O) groups excluding carboxylic acids is 1. The van der Waals surface area contributed by atoms with Gasteiger partial charge in [0.2, 0.25) is 11.9 Å². The van der Waals surface area contributed by atoms with Crippen molar-refractivity contribution in [2.45, 2.75) is 4.90 Å². The summed E-state index contributed by atoms with van der Waals surface area (Å²) in [5.41, 5.74) is 6.33. The second kappa shape index (κ2) is 6.53. The number of thioether (sulfide) groups is 1. The molecule has 98 valence electrons. The van der Waals surface area contributed by atoms with Crippen LogP contribution in [0.3, 0.4) is 0 Å². The highest BCUT2D eigenvalue weighted by Gasteiger charge is 2.07. The normalized spacial score (nSPS) is 10.2. The summed E-state index contributed by atoms with van der Waals surface area (Å²) < 4.78 is 0.876. The molecule has 0 aliphatic rings. The van der Waals surface area contributed by atoms with Crippen LogP contribution < -0.4 is 11.1 Å². The molecule has 1 aromatic heterocycles. The van der Waals surface area contributed by atoms with Gasteiger partial charge in [-0.3, -0.25) is 10.1 Å². The van der Waals surface area contributed by atoms with Crippen LogP contribution in [0.4, 0.5) is 11.6 Å². The lowest BCUT2D eigenvalue weighted by Crippen LogP contribution is -2.15. The number of anilines is 2. The van der Waals surface area contributed by atoms with E-state index in [0.29, 0.717) is 11.6 Å². The van der Waals surface area contributed by atoms with Crippen LogP contribution in [0.15, 0.2) is 46.0 Å². The molecule has 0 saturated heterocycles. The number of aromatic nitrogens is 2. The summed E-state index contributed by atoms with van der Waals surface area (Å²) in [6.45, 7) is 0. The fourth-order valence-electron chi connectivity index (χ4n) is 1.30. The maximum atomic E-state index is 11.7. The summed E-state index contributed by atoms with van der Waals surface area (Å²) in [5, 5.41) is 2.62. The van der Waals surface area contributed by atoms with E-state index in [1.165, 1.54) is 11.8 Å². The topological polar surface area (TPSA) is 80.9 Å². The molecule has 0 spiro atoms. The van der Waals surface area contributed by atoms with Crippen LogP contribution in [-0.4, -0.2) is 21.6 Å². The number of nitrogens with two attached hydrogens (primary N) is 1. The Bertz CT molecular complexity index is 579. The average molecular weight is 339 g/mol. The molecule has 1 aromatic carbocycles. The number of carbonyl (C=O) groups is 1. The first-order valence-corrected chi connectivity index (χ1v) is 7.18. The van der Waals surface area contributed by atoms with Crippen LogP contribution in [0, 0.1) is 0 Å². The quantitative estimate of drug-likeness (QED) is 0.661. The van der Waals surface area contributed by atoms with Gasteiger partial charge >= 0.3 is 0 Å². The van der Waals surface area contributed by atoms with Gasteiger partial charge in [-0.2, -0.15) is 0 Å². The van der Waals surface area contributed by atoms with Crippen molar-refractivity contribution in [3.63, 3.8) is 0 Å². The molecule has 2 aromatic rings. The molecule has 0 aliphatic heterocycles. The number of nitrogen functional groups attached to an aromatic ring is 1. The molecule has 0 radical (unpaired) electrons. The fraction of sp³-hybridized carbons (Fsp3) is 0.0833. The summed E-state index contributed by atoms with van der Waals surface area (Å²) in [4.78, 5) is 20.5. The number of hydrogen-bond acceptors (Lipinski definition) is 5. The van der Waals surface area contributed by atoms with Crippen molar-refractivity contribution in [1.82, 2.24) is 9.97 Å². The summed E-state index contributed by atoms with van der Waals surface area (Å²) in [5.74, 6) is 0.435. The van der Waals surface area contributed by atoms with Gasteiger partial charge in [-0.05, 0) is 40.2 Å². The first kappa shape index (κ1) is 13.8. The Kier molecular flexibility index (Phi) is 4.75. The Balaban J connectivity index is 1.90. The van der Waals surface area contributed by atoms with Gasteiger partial charge < -0.3 is 5.73 Å². The highest BCUT2D eigenvalue weighted by atomic mass is 79.9. The summed E-state index contributed by atoms with van der Waals surface area (Å²) in [7, 11) is 0. The van der Waals surface area contributed by atoms with E-state index in [2.05, 4.69) is 31.2 Å². The van der Waals surface area contributed by atoms with E-state index in [9.17, 15) is 4.79 Å². The highest BCUT2D eigenvalue weighted by Crippen LogP contribution is 2.29. The lowest BCUT2D eigenvalue weighted by Gasteiger charge is -2.05. The van der Waals surface area contributed by atoms with Crippen molar-refractivity contribution in [3.8, 4) is 0 Å². The Labute approximate surface area is 123 Å². The van der Waals surface area contributed by atoms with Crippen molar-refractivity contribution in [1.29, 1.82) is 0 Å². The Hall–Kier alpha value is -1.60. The number of amides is 1. The van der Waals surface area contributed by atoms with E-state index in [-0.39, 0.29) is 11.7 Å².